The Morgan fingerprint density at radius 3 is 2.96 bits per heavy atom. The van der Waals surface area contributed by atoms with Gasteiger partial charge in [-0.25, -0.2) is 4.98 Å². The van der Waals surface area contributed by atoms with Gasteiger partial charge in [-0.1, -0.05) is 31.0 Å². The monoisotopic (exact) mass is 329 g/mol. The number of fused-ring (bicyclic) bond motifs is 1. The highest BCUT2D eigenvalue weighted by Crippen LogP contribution is 2.18. The molecule has 0 fully saturated rings. The van der Waals surface area contributed by atoms with Crippen molar-refractivity contribution in [3.05, 3.63) is 52.4 Å². The lowest BCUT2D eigenvalue weighted by molar-refractivity contribution is 0.816. The molecule has 3 aromatic rings. The molecule has 1 aromatic carbocycles. The maximum Gasteiger partial charge on any atom is 0.254 e. The lowest BCUT2D eigenvalue weighted by Gasteiger charge is -2.06. The Labute approximate surface area is 140 Å². The summed E-state index contributed by atoms with van der Waals surface area (Å²) >= 11 is 6.09. The molecule has 0 aliphatic heterocycles. The summed E-state index contributed by atoms with van der Waals surface area (Å²) in [4.78, 5) is 8.82. The van der Waals surface area contributed by atoms with Gasteiger partial charge in [0.05, 0.1) is 0 Å². The van der Waals surface area contributed by atoms with Crippen molar-refractivity contribution in [3.63, 3.8) is 0 Å². The summed E-state index contributed by atoms with van der Waals surface area (Å²) in [5.41, 5.74) is 2.32. The Balaban J connectivity index is 1.87. The molecule has 0 aliphatic carbocycles. The summed E-state index contributed by atoms with van der Waals surface area (Å²) in [5, 5.41) is 8.71. The summed E-state index contributed by atoms with van der Waals surface area (Å²) in [7, 11) is 0. The van der Waals surface area contributed by atoms with Gasteiger partial charge in [-0.15, -0.1) is 5.10 Å². The molecule has 0 spiro atoms. The molecule has 0 unspecified atom stereocenters. The number of aryl methyl sites for hydroxylation is 1. The van der Waals surface area contributed by atoms with E-state index in [1.54, 1.807) is 10.7 Å². The summed E-state index contributed by atoms with van der Waals surface area (Å²) in [6, 6.07) is 7.81. The third-order valence-corrected chi connectivity index (χ3v) is 4.02. The average Bonchev–Trinajstić information content (AvgIpc) is 2.94. The van der Waals surface area contributed by atoms with Crippen LogP contribution < -0.4 is 5.32 Å². The molecule has 23 heavy (non-hydrogen) atoms. The molecule has 0 saturated heterocycles. The topological polar surface area (TPSA) is 55.1 Å². The first-order valence-electron chi connectivity index (χ1n) is 7.87. The molecule has 0 bridgehead atoms. The smallest absolute Gasteiger partial charge is 0.254 e. The van der Waals surface area contributed by atoms with Gasteiger partial charge < -0.3 is 5.32 Å². The predicted octanol–water partition coefficient (Wildman–Crippen LogP) is 3.89. The molecular weight excluding hydrogens is 310 g/mol. The fourth-order valence-electron chi connectivity index (χ4n) is 2.44. The number of aromatic nitrogens is 4. The second kappa shape index (κ2) is 6.96. The molecule has 1 N–H and O–H groups in total. The Morgan fingerprint density at radius 2 is 2.13 bits per heavy atom. The first kappa shape index (κ1) is 15.7. The zero-order valence-corrected chi connectivity index (χ0v) is 14.1. The Bertz CT molecular complexity index is 812. The highest BCUT2D eigenvalue weighted by atomic mass is 35.5. The van der Waals surface area contributed by atoms with E-state index < -0.39 is 0 Å². The van der Waals surface area contributed by atoms with Crippen LogP contribution in [0, 0.1) is 6.92 Å². The molecule has 5 nitrogen and oxygen atoms in total. The van der Waals surface area contributed by atoms with Crippen molar-refractivity contribution in [2.24, 2.45) is 0 Å². The number of hydrogen-bond donors (Lipinski definition) is 1. The lowest BCUT2D eigenvalue weighted by atomic mass is 10.1. The Hall–Kier alpha value is -2.14. The van der Waals surface area contributed by atoms with Crippen LogP contribution in [-0.4, -0.2) is 26.1 Å². The zero-order chi connectivity index (χ0) is 16.2. The third kappa shape index (κ3) is 3.62. The van der Waals surface area contributed by atoms with E-state index >= 15 is 0 Å². The van der Waals surface area contributed by atoms with E-state index in [2.05, 4.69) is 34.2 Å². The van der Waals surface area contributed by atoms with Crippen molar-refractivity contribution in [3.8, 4) is 0 Å². The van der Waals surface area contributed by atoms with Gasteiger partial charge in [0, 0.05) is 24.2 Å². The minimum absolute atomic E-state index is 0.612. The van der Waals surface area contributed by atoms with Crippen LogP contribution in [0.15, 0.2) is 30.5 Å². The summed E-state index contributed by atoms with van der Waals surface area (Å²) in [6.45, 7) is 5.15. The van der Waals surface area contributed by atoms with Gasteiger partial charge in [0.15, 0.2) is 5.82 Å². The lowest BCUT2D eigenvalue weighted by Crippen LogP contribution is -2.07. The van der Waals surface area contributed by atoms with Crippen LogP contribution in [0.25, 0.3) is 5.78 Å². The largest absolute Gasteiger partial charge is 0.370 e. The molecule has 2 aromatic heterocycles. The number of unbranched alkanes of at least 4 members (excludes halogenated alkanes) is 1. The molecule has 0 aliphatic rings. The first-order valence-corrected chi connectivity index (χ1v) is 8.24. The van der Waals surface area contributed by atoms with Crippen LogP contribution in [-0.2, 0) is 6.42 Å². The average molecular weight is 330 g/mol. The molecule has 0 radical (unpaired) electrons. The van der Waals surface area contributed by atoms with Crippen molar-refractivity contribution in [1.29, 1.82) is 0 Å². The maximum absolute atomic E-state index is 6.09. The summed E-state index contributed by atoms with van der Waals surface area (Å²) in [5.74, 6) is 2.28. The molecule has 6 heteroatoms. The summed E-state index contributed by atoms with van der Waals surface area (Å²) < 4.78 is 1.77. The van der Waals surface area contributed by atoms with Gasteiger partial charge in [-0.2, -0.15) is 9.50 Å². The molecule has 120 valence electrons. The van der Waals surface area contributed by atoms with E-state index in [0.717, 1.165) is 41.6 Å². The quantitative estimate of drug-likeness (QED) is 0.697. The fourth-order valence-corrected chi connectivity index (χ4v) is 2.63. The van der Waals surface area contributed by atoms with E-state index in [1.807, 2.05) is 24.3 Å². The van der Waals surface area contributed by atoms with Gasteiger partial charge >= 0.3 is 0 Å². The Kier molecular flexibility index (Phi) is 4.76. The second-order valence-corrected chi connectivity index (χ2v) is 6.03. The molecule has 0 amide bonds. The van der Waals surface area contributed by atoms with Crippen LogP contribution in [0.4, 0.5) is 5.82 Å². The normalized spacial score (nSPS) is 11.1. The highest BCUT2D eigenvalue weighted by Gasteiger charge is 2.10. The number of hydrogen-bond acceptors (Lipinski definition) is 4. The minimum atomic E-state index is 0.612. The molecule has 3 rings (SSSR count). The highest BCUT2D eigenvalue weighted by molar-refractivity contribution is 6.30. The maximum atomic E-state index is 6.09. The SMILES string of the molecule is CCCCNc1ccnc2nc(Cc3cc(Cl)ccc3C)nn12. The first-order chi connectivity index (χ1) is 11.2. The van der Waals surface area contributed by atoms with Crippen molar-refractivity contribution in [2.75, 3.05) is 11.9 Å². The molecular formula is C17H20ClN5. The van der Waals surface area contributed by atoms with Crippen LogP contribution in [0.5, 0.6) is 0 Å². The molecule has 0 atom stereocenters. The van der Waals surface area contributed by atoms with E-state index in [1.165, 1.54) is 5.56 Å². The van der Waals surface area contributed by atoms with Crippen LogP contribution in [0.3, 0.4) is 0 Å². The van der Waals surface area contributed by atoms with Gasteiger partial charge in [0.2, 0.25) is 0 Å². The minimum Gasteiger partial charge on any atom is -0.370 e. The fraction of sp³-hybridized carbons (Fsp3) is 0.353. The number of nitrogens with zero attached hydrogens (tertiary/aromatic N) is 4. The van der Waals surface area contributed by atoms with Gasteiger partial charge in [0.25, 0.3) is 5.78 Å². The molecule has 0 saturated carbocycles. The van der Waals surface area contributed by atoms with E-state index in [0.29, 0.717) is 12.2 Å². The van der Waals surface area contributed by atoms with Crippen molar-refractivity contribution in [2.45, 2.75) is 33.1 Å². The second-order valence-electron chi connectivity index (χ2n) is 5.60. The van der Waals surface area contributed by atoms with Gasteiger partial charge in [0.1, 0.15) is 5.82 Å². The number of nitrogens with one attached hydrogen (secondary N) is 1. The number of benzene rings is 1. The van der Waals surface area contributed by atoms with Crippen molar-refractivity contribution < 1.29 is 0 Å². The zero-order valence-electron chi connectivity index (χ0n) is 13.4. The summed E-state index contributed by atoms with van der Waals surface area (Å²) in [6.07, 6.45) is 4.67. The van der Waals surface area contributed by atoms with Gasteiger partial charge in [-0.05, 0) is 42.7 Å². The van der Waals surface area contributed by atoms with E-state index in [-0.39, 0.29) is 0 Å². The predicted molar refractivity (Wildman–Crippen MR) is 93.2 cm³/mol. The van der Waals surface area contributed by atoms with E-state index in [4.69, 9.17) is 11.6 Å². The van der Waals surface area contributed by atoms with Crippen LogP contribution in [0.2, 0.25) is 5.02 Å². The van der Waals surface area contributed by atoms with Crippen molar-refractivity contribution >= 4 is 23.2 Å². The van der Waals surface area contributed by atoms with Crippen LogP contribution in [0.1, 0.15) is 36.7 Å². The van der Waals surface area contributed by atoms with Crippen molar-refractivity contribution in [1.82, 2.24) is 19.6 Å². The third-order valence-electron chi connectivity index (χ3n) is 3.78. The number of halogens is 1. The number of anilines is 1. The van der Waals surface area contributed by atoms with Crippen LogP contribution >= 0.6 is 11.6 Å². The standard InChI is InChI=1S/C17H20ClN5/c1-3-4-8-19-16-7-9-20-17-21-15(22-23(16)17)11-13-10-14(18)6-5-12(13)2/h5-7,9-10,19H,3-4,8,11H2,1-2H3. The Morgan fingerprint density at radius 1 is 1.26 bits per heavy atom. The van der Waals surface area contributed by atoms with E-state index in [9.17, 15) is 0 Å². The molecule has 2 heterocycles. The van der Waals surface area contributed by atoms with Gasteiger partial charge in [-0.3, -0.25) is 0 Å². The number of rotatable bonds is 6.